The molecule has 5 nitrogen and oxygen atoms in total. The van der Waals surface area contributed by atoms with Gasteiger partial charge in [0.25, 0.3) is 0 Å². The standard InChI is InChI=1S/C62H50N3O2.Pt/c1-39-24-30-53(51(34-39)41-16-9-7-10-17-41)65-54-22-15-21-48(58(54)64-60(65)57-55(66)31-29-50-49-20-13-14-23-56(49)67-59(50)57)43-35-44(37-47(36-43)61(2,3)4)52-38-42(32-33-63-52)40-25-27-46(28-26-40)62(5,6)45-18-11-8-12-19-45;/h7-34,36-38,66H,1-6H3;/q-1;/i1D3;. The normalized spacial score (nSPS) is 12.8. The summed E-state index contributed by atoms with van der Waals surface area (Å²) >= 11 is 0. The number of nitrogens with zero attached hydrogens (tertiary/aromatic N) is 3. The van der Waals surface area contributed by atoms with Crippen LogP contribution in [0.5, 0.6) is 5.75 Å². The molecule has 0 atom stereocenters. The largest absolute Gasteiger partial charge is 0.507 e. The Labute approximate surface area is 416 Å². The fourth-order valence-corrected chi connectivity index (χ4v) is 9.45. The van der Waals surface area contributed by atoms with E-state index in [9.17, 15) is 5.11 Å². The summed E-state index contributed by atoms with van der Waals surface area (Å²) in [5.74, 6) is 0.428. The van der Waals surface area contributed by atoms with Crippen LogP contribution in [0, 0.1) is 12.9 Å². The molecule has 68 heavy (non-hydrogen) atoms. The third kappa shape index (κ3) is 7.85. The van der Waals surface area contributed by atoms with Crippen LogP contribution in [-0.2, 0) is 31.9 Å². The molecule has 11 rings (SSSR count). The van der Waals surface area contributed by atoms with E-state index in [1.807, 2.05) is 89.6 Å². The van der Waals surface area contributed by atoms with Gasteiger partial charge in [-0.25, -0.2) is 4.98 Å². The van der Waals surface area contributed by atoms with Crippen molar-refractivity contribution in [2.75, 3.05) is 0 Å². The molecule has 0 fully saturated rings. The Hall–Kier alpha value is -7.33. The molecule has 0 saturated heterocycles. The molecular weight excluding hydrogens is 1010 g/mol. The van der Waals surface area contributed by atoms with Crippen LogP contribution < -0.4 is 0 Å². The summed E-state index contributed by atoms with van der Waals surface area (Å²) in [4.78, 5) is 10.5. The van der Waals surface area contributed by atoms with Gasteiger partial charge in [0.05, 0.1) is 16.7 Å². The van der Waals surface area contributed by atoms with Gasteiger partial charge in [-0.15, -0.1) is 29.3 Å². The van der Waals surface area contributed by atoms with Crippen molar-refractivity contribution >= 4 is 33.0 Å². The number of benzene rings is 8. The first-order valence-corrected chi connectivity index (χ1v) is 22.7. The number of imidazole rings is 1. The number of hydrogen-bond donors (Lipinski definition) is 1. The van der Waals surface area contributed by atoms with Crippen LogP contribution in [0.25, 0.3) is 94.7 Å². The Morgan fingerprint density at radius 1 is 0.603 bits per heavy atom. The van der Waals surface area contributed by atoms with Gasteiger partial charge in [0, 0.05) is 58.8 Å². The third-order valence-corrected chi connectivity index (χ3v) is 13.3. The Balaban J connectivity index is 0.00000582. The van der Waals surface area contributed by atoms with Gasteiger partial charge in [-0.2, -0.15) is 0 Å². The number of aryl methyl sites for hydroxylation is 1. The number of para-hydroxylation sites is 2. The zero-order valence-electron chi connectivity index (χ0n) is 41.4. The monoisotopic (exact) mass is 1070 g/mol. The fraction of sp³-hybridized carbons (Fsp3) is 0.129. The summed E-state index contributed by atoms with van der Waals surface area (Å²) < 4.78 is 33.8. The maximum Gasteiger partial charge on any atom is 0.152 e. The van der Waals surface area contributed by atoms with Gasteiger partial charge in [0.1, 0.15) is 22.5 Å². The Morgan fingerprint density at radius 3 is 2.09 bits per heavy atom. The van der Waals surface area contributed by atoms with E-state index >= 15 is 0 Å². The molecular formula is C62H50N3O2Pt-. The fourth-order valence-electron chi connectivity index (χ4n) is 9.45. The maximum absolute atomic E-state index is 12.0. The molecule has 0 unspecified atom stereocenters. The van der Waals surface area contributed by atoms with Crippen molar-refractivity contribution in [1.82, 2.24) is 14.5 Å². The molecule has 0 aliphatic rings. The minimum atomic E-state index is -2.35. The van der Waals surface area contributed by atoms with E-state index in [0.29, 0.717) is 39.3 Å². The van der Waals surface area contributed by atoms with Gasteiger partial charge >= 0.3 is 0 Å². The van der Waals surface area contributed by atoms with E-state index in [1.54, 1.807) is 18.2 Å². The minimum absolute atomic E-state index is 0. The van der Waals surface area contributed by atoms with Crippen LogP contribution >= 0.6 is 0 Å². The van der Waals surface area contributed by atoms with Crippen LogP contribution in [0.1, 0.15) is 61.0 Å². The molecule has 8 aromatic carbocycles. The van der Waals surface area contributed by atoms with E-state index < -0.39 is 6.85 Å². The first-order chi connectivity index (χ1) is 33.6. The summed E-state index contributed by atoms with van der Waals surface area (Å²) in [6.07, 6.45) is 1.87. The Kier molecular flexibility index (Phi) is 10.5. The predicted molar refractivity (Wildman–Crippen MR) is 276 cm³/mol. The molecule has 0 aliphatic carbocycles. The molecule has 3 aromatic heterocycles. The van der Waals surface area contributed by atoms with Crippen LogP contribution in [-0.4, -0.2) is 19.6 Å². The SMILES string of the molecule is [2H]C([2H])([2H])c1ccc(-n2c(-c3c(O)ccc4c3oc3ccccc34)nc3c(-c4[c-]c(-c5cc(-c6ccc(C(C)(C)c7ccccc7)cc6)ccn5)cc(C(C)(C)C)c4)cccc32)c(-c2ccccc2)c1.[Pt]. The van der Waals surface area contributed by atoms with Crippen molar-refractivity contribution in [2.45, 2.75) is 52.3 Å². The first kappa shape index (κ1) is 40.9. The third-order valence-electron chi connectivity index (χ3n) is 13.3. The summed E-state index contributed by atoms with van der Waals surface area (Å²) in [6, 6.07) is 64.3. The van der Waals surface area contributed by atoms with Crippen molar-refractivity contribution in [3.8, 4) is 67.5 Å². The summed E-state index contributed by atoms with van der Waals surface area (Å²) in [7, 11) is 0. The van der Waals surface area contributed by atoms with Crippen LogP contribution in [0.3, 0.4) is 0 Å². The molecule has 0 amide bonds. The number of aromatic nitrogens is 3. The van der Waals surface area contributed by atoms with Crippen molar-refractivity contribution < 1.29 is 34.7 Å². The molecule has 1 N–H and O–H groups in total. The van der Waals surface area contributed by atoms with Crippen molar-refractivity contribution in [2.24, 2.45) is 0 Å². The maximum atomic E-state index is 12.0. The number of hydrogen-bond acceptors (Lipinski definition) is 4. The number of phenolic OH excluding ortho intramolecular Hbond substituents is 1. The van der Waals surface area contributed by atoms with Gasteiger partial charge in [0.2, 0.25) is 0 Å². The van der Waals surface area contributed by atoms with Crippen molar-refractivity contribution in [3.63, 3.8) is 0 Å². The smallest absolute Gasteiger partial charge is 0.152 e. The average Bonchev–Trinajstić information content (AvgIpc) is 3.95. The first-order valence-electron chi connectivity index (χ1n) is 24.2. The molecule has 0 aliphatic heterocycles. The number of furan rings is 1. The number of pyridine rings is 1. The molecule has 3 heterocycles. The van der Waals surface area contributed by atoms with Crippen LogP contribution in [0.4, 0.5) is 0 Å². The van der Waals surface area contributed by atoms with Gasteiger partial charge < -0.3 is 9.52 Å². The van der Waals surface area contributed by atoms with Crippen LogP contribution in [0.15, 0.2) is 193 Å². The van der Waals surface area contributed by atoms with Crippen LogP contribution in [0.2, 0.25) is 0 Å². The molecule has 11 aromatic rings. The Morgan fingerprint density at radius 2 is 1.32 bits per heavy atom. The second-order valence-electron chi connectivity index (χ2n) is 18.9. The second-order valence-corrected chi connectivity index (χ2v) is 18.9. The van der Waals surface area contributed by atoms with Gasteiger partial charge in [-0.05, 0) is 82.5 Å². The quantitative estimate of drug-likeness (QED) is 0.154. The number of rotatable bonds is 8. The predicted octanol–water partition coefficient (Wildman–Crippen LogP) is 16.1. The zero-order chi connectivity index (χ0) is 48.5. The van der Waals surface area contributed by atoms with E-state index in [1.165, 1.54) is 11.1 Å². The molecule has 0 bridgehead atoms. The van der Waals surface area contributed by atoms with Gasteiger partial charge in [-0.3, -0.25) is 9.55 Å². The molecule has 0 spiro atoms. The topological polar surface area (TPSA) is 64.1 Å². The van der Waals surface area contributed by atoms with Crippen molar-refractivity contribution in [1.29, 1.82) is 0 Å². The van der Waals surface area contributed by atoms with Gasteiger partial charge in [0.15, 0.2) is 5.82 Å². The summed E-state index contributed by atoms with van der Waals surface area (Å²) in [5.41, 5.74) is 14.1. The summed E-state index contributed by atoms with van der Waals surface area (Å²) in [5, 5.41) is 13.7. The van der Waals surface area contributed by atoms with E-state index in [0.717, 1.165) is 60.9 Å². The molecule has 0 saturated carbocycles. The molecule has 0 radical (unpaired) electrons. The van der Waals surface area contributed by atoms with Gasteiger partial charge in [-0.1, -0.05) is 179 Å². The second kappa shape index (κ2) is 17.4. The summed E-state index contributed by atoms with van der Waals surface area (Å²) in [6.45, 7) is 8.78. The molecule has 6 heteroatoms. The molecule has 336 valence electrons. The number of fused-ring (bicyclic) bond motifs is 4. The zero-order valence-corrected chi connectivity index (χ0v) is 40.7. The van der Waals surface area contributed by atoms with E-state index in [2.05, 4.69) is 126 Å². The number of phenols is 1. The van der Waals surface area contributed by atoms with Crippen molar-refractivity contribution in [3.05, 3.63) is 217 Å². The average molecular weight is 1070 g/mol. The Bertz CT molecular complexity index is 3780. The minimum Gasteiger partial charge on any atom is -0.507 e. The van der Waals surface area contributed by atoms with E-state index in [-0.39, 0.29) is 43.2 Å². The number of aromatic hydroxyl groups is 1. The van der Waals surface area contributed by atoms with E-state index in [4.69, 9.17) is 18.5 Å².